The molecular weight excluding hydrogens is 518 g/mol. The zero-order chi connectivity index (χ0) is 26.4. The summed E-state index contributed by atoms with van der Waals surface area (Å²) < 4.78 is 23.3. The molecule has 1 fully saturated rings. The molecule has 0 aromatic heterocycles. The molecule has 9 nitrogen and oxygen atoms in total. The van der Waals surface area contributed by atoms with Crippen LogP contribution in [0.3, 0.4) is 0 Å². The predicted octanol–water partition coefficient (Wildman–Crippen LogP) is 3.63. The highest BCUT2D eigenvalue weighted by Gasteiger charge is 2.30. The summed E-state index contributed by atoms with van der Waals surface area (Å²) in [6, 6.07) is 10.7. The molecular formula is C26H30ClN3O6S. The zero-order valence-corrected chi connectivity index (χ0v) is 22.1. The van der Waals surface area contributed by atoms with Crippen LogP contribution in [-0.4, -0.2) is 52.3 Å². The third-order valence-electron chi connectivity index (χ3n) is 6.32. The molecule has 1 heterocycles. The highest BCUT2D eigenvalue weighted by atomic mass is 35.5. The van der Waals surface area contributed by atoms with E-state index in [1.807, 2.05) is 0 Å². The number of fused-ring (bicyclic) bond motifs is 1. The van der Waals surface area contributed by atoms with Gasteiger partial charge in [-0.25, -0.2) is 0 Å². The number of ether oxygens (including phenoxy) is 2. The molecule has 37 heavy (non-hydrogen) atoms. The van der Waals surface area contributed by atoms with E-state index < -0.39 is 34.4 Å². The Labute approximate surface area is 223 Å². The van der Waals surface area contributed by atoms with Crippen LogP contribution in [0.2, 0.25) is 5.02 Å². The average molecular weight is 548 g/mol. The van der Waals surface area contributed by atoms with Crippen LogP contribution in [0.4, 0.5) is 11.4 Å². The number of anilines is 2. The van der Waals surface area contributed by atoms with Gasteiger partial charge < -0.3 is 20.1 Å². The van der Waals surface area contributed by atoms with E-state index in [0.29, 0.717) is 27.9 Å². The number of amides is 3. The molecule has 2 N–H and O–H groups in total. The third kappa shape index (κ3) is 7.23. The van der Waals surface area contributed by atoms with Crippen LogP contribution in [0.25, 0.3) is 0 Å². The molecule has 1 aliphatic heterocycles. The third-order valence-corrected chi connectivity index (χ3v) is 7.73. The Morgan fingerprint density at radius 1 is 1.03 bits per heavy atom. The average Bonchev–Trinajstić information content (AvgIpc) is 3.33. The first-order valence-electron chi connectivity index (χ1n) is 12.2. The molecule has 198 valence electrons. The van der Waals surface area contributed by atoms with Gasteiger partial charge in [-0.15, -0.1) is 0 Å². The van der Waals surface area contributed by atoms with Crippen molar-refractivity contribution in [3.63, 3.8) is 0 Å². The van der Waals surface area contributed by atoms with E-state index in [1.165, 1.54) is 4.90 Å². The number of benzene rings is 2. The zero-order valence-electron chi connectivity index (χ0n) is 20.5. The van der Waals surface area contributed by atoms with Crippen LogP contribution in [0.1, 0.15) is 39.0 Å². The lowest BCUT2D eigenvalue weighted by Crippen LogP contribution is -2.52. The fourth-order valence-corrected chi connectivity index (χ4v) is 5.45. The summed E-state index contributed by atoms with van der Waals surface area (Å²) in [5.74, 6) is -1.02. The summed E-state index contributed by atoms with van der Waals surface area (Å²) in [5.41, 5.74) is 0.927. The van der Waals surface area contributed by atoms with Crippen molar-refractivity contribution in [2.75, 3.05) is 28.5 Å². The summed E-state index contributed by atoms with van der Waals surface area (Å²) in [6.45, 7) is 1.75. The molecule has 4 rings (SSSR count). The van der Waals surface area contributed by atoms with Crippen molar-refractivity contribution in [1.82, 2.24) is 5.32 Å². The molecule has 0 saturated heterocycles. The summed E-state index contributed by atoms with van der Waals surface area (Å²) >= 11 is 6.02. The Balaban J connectivity index is 1.39. The van der Waals surface area contributed by atoms with Crippen LogP contribution in [0.5, 0.6) is 11.5 Å². The van der Waals surface area contributed by atoms with Crippen LogP contribution in [-0.2, 0) is 25.2 Å². The molecule has 0 radical (unpaired) electrons. The van der Waals surface area contributed by atoms with E-state index in [-0.39, 0.29) is 24.5 Å². The molecule has 3 amide bonds. The molecule has 2 aromatic rings. The normalized spacial score (nSPS) is 16.5. The van der Waals surface area contributed by atoms with Crippen molar-refractivity contribution in [2.45, 2.75) is 51.1 Å². The second-order valence-corrected chi connectivity index (χ2v) is 11.0. The molecule has 2 aliphatic rings. The molecule has 0 spiro atoms. The van der Waals surface area contributed by atoms with Crippen LogP contribution >= 0.6 is 11.6 Å². The summed E-state index contributed by atoms with van der Waals surface area (Å²) in [5, 5.41) is 6.19. The highest BCUT2D eigenvalue weighted by Crippen LogP contribution is 2.34. The van der Waals surface area contributed by atoms with Gasteiger partial charge >= 0.3 is 0 Å². The second-order valence-electron chi connectivity index (χ2n) is 9.10. The van der Waals surface area contributed by atoms with E-state index in [2.05, 4.69) is 10.6 Å². The summed E-state index contributed by atoms with van der Waals surface area (Å²) in [4.78, 5) is 40.1. The number of nitrogens with one attached hydrogen (secondary N) is 2. The van der Waals surface area contributed by atoms with Crippen molar-refractivity contribution in [3.05, 3.63) is 47.5 Å². The fraction of sp³-hybridized carbons (Fsp3) is 0.423. The van der Waals surface area contributed by atoms with Gasteiger partial charge in [-0.05, 0) is 56.2 Å². The topological polar surface area (TPSA) is 114 Å². The van der Waals surface area contributed by atoms with Gasteiger partial charge in [0, 0.05) is 39.3 Å². The molecule has 11 heteroatoms. The monoisotopic (exact) mass is 547 g/mol. The van der Waals surface area contributed by atoms with Crippen molar-refractivity contribution < 1.29 is 28.1 Å². The number of nitrogens with zero attached hydrogens (tertiary/aromatic N) is 1. The Bertz CT molecular complexity index is 1170. The van der Waals surface area contributed by atoms with Gasteiger partial charge in [0.05, 0.1) is 0 Å². The van der Waals surface area contributed by atoms with Crippen LogP contribution in [0.15, 0.2) is 42.5 Å². The molecule has 1 saturated carbocycles. The van der Waals surface area contributed by atoms with Gasteiger partial charge in [-0.3, -0.25) is 23.5 Å². The standard InChI is InChI=1S/C26H30ClN3O6S/c1-17(26(33)29-19-5-3-2-4-6-19)30(21-10-7-18(27)8-11-21)25(32)15-37(34)14-24(31)28-20-9-12-22-23(13-20)36-16-35-22/h7-13,17,19H,2-6,14-16H2,1H3,(H,28,31)(H,29,33)/t17-,37+/m1/s1. The van der Waals surface area contributed by atoms with Gasteiger partial charge in [0.1, 0.15) is 17.5 Å². The first-order chi connectivity index (χ1) is 17.8. The number of hydrogen-bond donors (Lipinski definition) is 2. The van der Waals surface area contributed by atoms with Gasteiger partial charge in [0.25, 0.3) is 0 Å². The predicted molar refractivity (Wildman–Crippen MR) is 142 cm³/mol. The number of carbonyl (C=O) groups excluding carboxylic acids is 3. The van der Waals surface area contributed by atoms with Gasteiger partial charge in [0.2, 0.25) is 24.5 Å². The Morgan fingerprint density at radius 3 is 2.46 bits per heavy atom. The van der Waals surface area contributed by atoms with Crippen LogP contribution in [0, 0.1) is 0 Å². The lowest BCUT2D eigenvalue weighted by molar-refractivity contribution is -0.126. The van der Waals surface area contributed by atoms with Gasteiger partial charge in [-0.1, -0.05) is 30.9 Å². The van der Waals surface area contributed by atoms with E-state index in [4.69, 9.17) is 21.1 Å². The first-order valence-corrected chi connectivity index (χ1v) is 14.1. The summed E-state index contributed by atoms with van der Waals surface area (Å²) in [7, 11) is -1.80. The van der Waals surface area contributed by atoms with E-state index in [0.717, 1.165) is 32.1 Å². The minimum absolute atomic E-state index is 0.0832. The lowest BCUT2D eigenvalue weighted by atomic mass is 9.95. The Morgan fingerprint density at radius 2 is 1.73 bits per heavy atom. The number of hydrogen-bond acceptors (Lipinski definition) is 6. The Kier molecular flexibility index (Phi) is 9.04. The van der Waals surface area contributed by atoms with Gasteiger partial charge in [-0.2, -0.15) is 0 Å². The highest BCUT2D eigenvalue weighted by molar-refractivity contribution is 7.86. The largest absolute Gasteiger partial charge is 0.454 e. The molecule has 0 unspecified atom stereocenters. The first kappa shape index (κ1) is 26.9. The maximum atomic E-state index is 13.3. The maximum absolute atomic E-state index is 13.3. The second kappa shape index (κ2) is 12.4. The van der Waals surface area contributed by atoms with Crippen molar-refractivity contribution in [2.24, 2.45) is 0 Å². The fourth-order valence-electron chi connectivity index (χ4n) is 4.45. The van der Waals surface area contributed by atoms with Crippen molar-refractivity contribution in [3.8, 4) is 11.5 Å². The lowest BCUT2D eigenvalue weighted by Gasteiger charge is -2.31. The maximum Gasteiger partial charge on any atom is 0.243 e. The molecule has 1 aliphatic carbocycles. The minimum atomic E-state index is -1.80. The summed E-state index contributed by atoms with van der Waals surface area (Å²) in [6.07, 6.45) is 5.11. The van der Waals surface area contributed by atoms with Gasteiger partial charge in [0.15, 0.2) is 11.5 Å². The van der Waals surface area contributed by atoms with Crippen LogP contribution < -0.4 is 25.0 Å². The number of halogens is 1. The minimum Gasteiger partial charge on any atom is -0.454 e. The Hall–Kier alpha value is -3.11. The van der Waals surface area contributed by atoms with Crippen molar-refractivity contribution >= 4 is 51.5 Å². The SMILES string of the molecule is C[C@H](C(=O)NC1CCCCC1)N(C(=O)C[S@@](=O)CC(=O)Nc1ccc2c(c1)OCO2)c1ccc(Cl)cc1. The smallest absolute Gasteiger partial charge is 0.243 e. The molecule has 0 bridgehead atoms. The van der Waals surface area contributed by atoms with E-state index in [9.17, 15) is 18.6 Å². The van der Waals surface area contributed by atoms with E-state index >= 15 is 0 Å². The number of rotatable bonds is 9. The van der Waals surface area contributed by atoms with Crippen molar-refractivity contribution in [1.29, 1.82) is 0 Å². The molecule has 2 atom stereocenters. The molecule has 2 aromatic carbocycles. The van der Waals surface area contributed by atoms with E-state index in [1.54, 1.807) is 49.4 Å². The quantitative estimate of drug-likeness (QED) is 0.495. The number of carbonyl (C=O) groups is 3.